The minimum absolute atomic E-state index is 0.204. The van der Waals surface area contributed by atoms with Gasteiger partial charge in [0.2, 0.25) is 0 Å². The molecule has 3 N–H and O–H groups in total. The monoisotopic (exact) mass is 347 g/mol. The molecule has 1 aliphatic rings. The number of nitrogens with two attached hydrogens (primary N) is 1. The van der Waals surface area contributed by atoms with Gasteiger partial charge < -0.3 is 11.1 Å². The molecule has 0 saturated carbocycles. The average molecular weight is 348 g/mol. The number of hydrogen-bond acceptors (Lipinski definition) is 3. The fourth-order valence-electron chi connectivity index (χ4n) is 3.29. The lowest BCUT2D eigenvalue weighted by Crippen LogP contribution is -2.53. The molecular weight excluding hydrogens is 325 g/mol. The molecule has 0 atom stereocenters. The van der Waals surface area contributed by atoms with E-state index in [1.54, 1.807) is 6.07 Å². The molecule has 24 heavy (non-hydrogen) atoms. The predicted octanol–water partition coefficient (Wildman–Crippen LogP) is 3.88. The van der Waals surface area contributed by atoms with Crippen molar-refractivity contribution in [3.05, 3.63) is 64.9 Å². The molecule has 0 bridgehead atoms. The first-order valence-corrected chi connectivity index (χ1v) is 8.67. The van der Waals surface area contributed by atoms with Crippen LogP contribution in [0, 0.1) is 5.82 Å². The van der Waals surface area contributed by atoms with Crippen LogP contribution >= 0.6 is 11.6 Å². The maximum absolute atomic E-state index is 13.6. The van der Waals surface area contributed by atoms with E-state index in [-0.39, 0.29) is 11.4 Å². The third-order valence-corrected chi connectivity index (χ3v) is 4.94. The van der Waals surface area contributed by atoms with Gasteiger partial charge in [-0.3, -0.25) is 4.90 Å². The Kier molecular flexibility index (Phi) is 5.39. The van der Waals surface area contributed by atoms with Crippen LogP contribution in [0.5, 0.6) is 0 Å². The van der Waals surface area contributed by atoms with Crippen LogP contribution in [-0.4, -0.2) is 30.1 Å². The number of halogens is 2. The fourth-order valence-corrected chi connectivity index (χ4v) is 3.51. The SMILES string of the molecule is NCC1(Nc2cc(F)cc(Cl)c2)CCN(Cc2ccccc2)CC1. The molecular formula is C19H23ClFN3. The Morgan fingerprint density at radius 3 is 2.46 bits per heavy atom. The lowest BCUT2D eigenvalue weighted by molar-refractivity contribution is 0.170. The van der Waals surface area contributed by atoms with Gasteiger partial charge in [-0.05, 0) is 36.6 Å². The maximum atomic E-state index is 13.6. The number of rotatable bonds is 5. The van der Waals surface area contributed by atoms with Crippen molar-refractivity contribution < 1.29 is 4.39 Å². The summed E-state index contributed by atoms with van der Waals surface area (Å²) in [7, 11) is 0. The summed E-state index contributed by atoms with van der Waals surface area (Å²) in [5, 5.41) is 3.83. The summed E-state index contributed by atoms with van der Waals surface area (Å²) >= 11 is 5.95. The second kappa shape index (κ2) is 7.51. The average Bonchev–Trinajstić information content (AvgIpc) is 2.57. The van der Waals surface area contributed by atoms with Gasteiger partial charge in [0.25, 0.3) is 0 Å². The highest BCUT2D eigenvalue weighted by molar-refractivity contribution is 6.30. The van der Waals surface area contributed by atoms with Crippen LogP contribution in [0.2, 0.25) is 5.02 Å². The van der Waals surface area contributed by atoms with Crippen molar-refractivity contribution >= 4 is 17.3 Å². The number of piperidine rings is 1. The van der Waals surface area contributed by atoms with E-state index in [1.807, 2.05) is 6.07 Å². The maximum Gasteiger partial charge on any atom is 0.126 e. The zero-order valence-corrected chi connectivity index (χ0v) is 14.4. The van der Waals surface area contributed by atoms with Crippen LogP contribution < -0.4 is 11.1 Å². The molecule has 0 radical (unpaired) electrons. The molecule has 1 fully saturated rings. The molecule has 3 nitrogen and oxygen atoms in total. The van der Waals surface area contributed by atoms with Gasteiger partial charge in [0, 0.05) is 36.9 Å². The van der Waals surface area contributed by atoms with Gasteiger partial charge in [-0.15, -0.1) is 0 Å². The van der Waals surface area contributed by atoms with Gasteiger partial charge in [-0.25, -0.2) is 4.39 Å². The molecule has 128 valence electrons. The van der Waals surface area contributed by atoms with Gasteiger partial charge >= 0.3 is 0 Å². The van der Waals surface area contributed by atoms with E-state index < -0.39 is 0 Å². The molecule has 0 unspecified atom stereocenters. The summed E-state index contributed by atoms with van der Waals surface area (Å²) in [6, 6.07) is 15.0. The quantitative estimate of drug-likeness (QED) is 0.862. The second-order valence-corrected chi connectivity index (χ2v) is 6.97. The largest absolute Gasteiger partial charge is 0.378 e. The minimum atomic E-state index is -0.335. The Labute approximate surface area is 147 Å². The summed E-state index contributed by atoms with van der Waals surface area (Å²) in [6.45, 7) is 3.39. The van der Waals surface area contributed by atoms with E-state index in [9.17, 15) is 4.39 Å². The molecule has 1 heterocycles. The second-order valence-electron chi connectivity index (χ2n) is 6.53. The highest BCUT2D eigenvalue weighted by atomic mass is 35.5. The lowest BCUT2D eigenvalue weighted by atomic mass is 9.87. The molecule has 0 aromatic heterocycles. The molecule has 2 aromatic carbocycles. The molecule has 0 spiro atoms. The van der Waals surface area contributed by atoms with E-state index in [1.165, 1.54) is 17.7 Å². The van der Waals surface area contributed by atoms with Crippen molar-refractivity contribution in [1.29, 1.82) is 0 Å². The summed E-state index contributed by atoms with van der Waals surface area (Å²) in [5.41, 5.74) is 7.87. The molecule has 0 aliphatic carbocycles. The van der Waals surface area contributed by atoms with Gasteiger partial charge in [-0.2, -0.15) is 0 Å². The van der Waals surface area contributed by atoms with Crippen LogP contribution in [0.1, 0.15) is 18.4 Å². The van der Waals surface area contributed by atoms with Crippen LogP contribution in [-0.2, 0) is 6.54 Å². The highest BCUT2D eigenvalue weighted by Gasteiger charge is 2.33. The van der Waals surface area contributed by atoms with Crippen LogP contribution in [0.15, 0.2) is 48.5 Å². The van der Waals surface area contributed by atoms with Gasteiger partial charge in [0.1, 0.15) is 5.82 Å². The molecule has 1 saturated heterocycles. The Morgan fingerprint density at radius 2 is 1.83 bits per heavy atom. The van der Waals surface area contributed by atoms with Gasteiger partial charge in [0.05, 0.1) is 5.54 Å². The van der Waals surface area contributed by atoms with Crippen molar-refractivity contribution in [2.24, 2.45) is 5.73 Å². The summed E-state index contributed by atoms with van der Waals surface area (Å²) < 4.78 is 13.6. The number of anilines is 1. The minimum Gasteiger partial charge on any atom is -0.378 e. The Morgan fingerprint density at radius 1 is 1.12 bits per heavy atom. The summed E-state index contributed by atoms with van der Waals surface area (Å²) in [5.74, 6) is -0.335. The molecule has 2 aromatic rings. The number of hydrogen-bond donors (Lipinski definition) is 2. The van der Waals surface area contributed by atoms with E-state index >= 15 is 0 Å². The Hall–Kier alpha value is -1.62. The zero-order chi connectivity index (χ0) is 17.0. The Balaban J connectivity index is 1.63. The molecule has 0 amide bonds. The topological polar surface area (TPSA) is 41.3 Å². The third-order valence-electron chi connectivity index (χ3n) is 4.72. The van der Waals surface area contributed by atoms with E-state index in [2.05, 4.69) is 34.5 Å². The van der Waals surface area contributed by atoms with Crippen LogP contribution in [0.25, 0.3) is 0 Å². The lowest BCUT2D eigenvalue weighted by Gasteiger charge is -2.42. The molecule has 5 heteroatoms. The summed E-state index contributed by atoms with van der Waals surface area (Å²) in [6.07, 6.45) is 1.84. The van der Waals surface area contributed by atoms with E-state index in [0.29, 0.717) is 17.3 Å². The van der Waals surface area contributed by atoms with Gasteiger partial charge in [-0.1, -0.05) is 41.9 Å². The first-order valence-electron chi connectivity index (χ1n) is 8.29. The van der Waals surface area contributed by atoms with Crippen molar-refractivity contribution in [2.45, 2.75) is 24.9 Å². The first-order chi connectivity index (χ1) is 11.6. The molecule has 3 rings (SSSR count). The van der Waals surface area contributed by atoms with Crippen molar-refractivity contribution in [3.8, 4) is 0 Å². The van der Waals surface area contributed by atoms with Gasteiger partial charge in [0.15, 0.2) is 0 Å². The van der Waals surface area contributed by atoms with Crippen LogP contribution in [0.3, 0.4) is 0 Å². The van der Waals surface area contributed by atoms with Crippen molar-refractivity contribution in [2.75, 3.05) is 25.0 Å². The highest BCUT2D eigenvalue weighted by Crippen LogP contribution is 2.28. The van der Waals surface area contributed by atoms with E-state index in [0.717, 1.165) is 32.5 Å². The Bertz CT molecular complexity index is 649. The standard InChI is InChI=1S/C19H23ClFN3/c20-16-10-17(21)12-18(11-16)23-19(14-22)6-8-24(9-7-19)13-15-4-2-1-3-5-15/h1-5,10-12,23H,6-9,13-14,22H2. The number of nitrogens with one attached hydrogen (secondary N) is 1. The number of likely N-dealkylation sites (tertiary alicyclic amines) is 1. The van der Waals surface area contributed by atoms with E-state index in [4.69, 9.17) is 17.3 Å². The van der Waals surface area contributed by atoms with Crippen molar-refractivity contribution in [3.63, 3.8) is 0 Å². The van der Waals surface area contributed by atoms with Crippen molar-refractivity contribution in [1.82, 2.24) is 4.90 Å². The number of benzene rings is 2. The summed E-state index contributed by atoms with van der Waals surface area (Å²) in [4.78, 5) is 2.43. The first kappa shape index (κ1) is 17.2. The predicted molar refractivity (Wildman–Crippen MR) is 97.8 cm³/mol. The molecule has 1 aliphatic heterocycles. The smallest absolute Gasteiger partial charge is 0.126 e. The number of nitrogens with zero attached hydrogens (tertiary/aromatic N) is 1. The van der Waals surface area contributed by atoms with Crippen LogP contribution in [0.4, 0.5) is 10.1 Å². The fraction of sp³-hybridized carbons (Fsp3) is 0.368. The normalized spacial score (nSPS) is 17.6. The third kappa shape index (κ3) is 4.26. The zero-order valence-electron chi connectivity index (χ0n) is 13.6.